The number of anilines is 1. The summed E-state index contributed by atoms with van der Waals surface area (Å²) in [6, 6.07) is 19.9. The average molecular weight is 312 g/mol. The number of hydrogen-bond donors (Lipinski definition) is 0. The smallest absolute Gasteiger partial charge is 0.225 e. The molecule has 0 N–H and O–H groups in total. The van der Waals surface area contributed by atoms with Crippen LogP contribution in [0.25, 0.3) is 0 Å². The highest BCUT2D eigenvalue weighted by Gasteiger charge is 2.45. The highest BCUT2D eigenvalue weighted by molar-refractivity contribution is 6.87. The number of fused-ring (bicyclic) bond motifs is 1. The number of hydrogen-bond acceptors (Lipinski definition) is 2. The molecule has 0 saturated carbocycles. The van der Waals surface area contributed by atoms with E-state index in [0.717, 1.165) is 12.1 Å². The van der Waals surface area contributed by atoms with Crippen molar-refractivity contribution >= 4 is 19.2 Å². The minimum absolute atomic E-state index is 0.0997. The van der Waals surface area contributed by atoms with Crippen molar-refractivity contribution in [3.05, 3.63) is 59.7 Å². The highest BCUT2D eigenvalue weighted by atomic mass is 28.4. The summed E-state index contributed by atoms with van der Waals surface area (Å²) in [6.07, 6.45) is 0.0997. The summed E-state index contributed by atoms with van der Waals surface area (Å²) in [5.74, 6) is 0. The summed E-state index contributed by atoms with van der Waals surface area (Å²) in [6.45, 7) is 4.57. The largest absolute Gasteiger partial charge is 0.401 e. The molecule has 0 bridgehead atoms. The van der Waals surface area contributed by atoms with Gasteiger partial charge in [0.2, 0.25) is 8.32 Å². The molecule has 22 heavy (non-hydrogen) atoms. The van der Waals surface area contributed by atoms with Gasteiger partial charge in [0.1, 0.15) is 0 Å². The second-order valence-electron chi connectivity index (χ2n) is 6.28. The van der Waals surface area contributed by atoms with Crippen molar-refractivity contribution in [2.24, 2.45) is 0 Å². The van der Waals surface area contributed by atoms with Crippen LogP contribution < -0.4 is 10.1 Å². The monoisotopic (exact) mass is 311 g/mol. The number of benzene rings is 2. The standard InChI is InChI=1S/C19H25NOSi/c1-5-22(6-2)18-13-8-7-12-17(18)19(21-22)15-10-9-11-16(14-15)20(3)4/h7-14,19H,5-6H2,1-4H3. The van der Waals surface area contributed by atoms with E-state index in [-0.39, 0.29) is 6.10 Å². The molecule has 1 aliphatic rings. The van der Waals surface area contributed by atoms with Crippen LogP contribution in [0.15, 0.2) is 48.5 Å². The first-order chi connectivity index (χ1) is 10.6. The van der Waals surface area contributed by atoms with Gasteiger partial charge < -0.3 is 9.33 Å². The lowest BCUT2D eigenvalue weighted by Crippen LogP contribution is -2.45. The molecule has 116 valence electrons. The van der Waals surface area contributed by atoms with Crippen molar-refractivity contribution < 1.29 is 4.43 Å². The normalized spacial score (nSPS) is 19.0. The van der Waals surface area contributed by atoms with E-state index in [1.165, 1.54) is 22.0 Å². The van der Waals surface area contributed by atoms with Crippen molar-refractivity contribution in [2.75, 3.05) is 19.0 Å². The highest BCUT2D eigenvalue weighted by Crippen LogP contribution is 2.39. The Hall–Kier alpha value is -1.58. The summed E-state index contributed by atoms with van der Waals surface area (Å²) in [5, 5.41) is 1.50. The molecule has 2 aromatic carbocycles. The van der Waals surface area contributed by atoms with Crippen molar-refractivity contribution in [1.29, 1.82) is 0 Å². The predicted molar refractivity (Wildman–Crippen MR) is 96.5 cm³/mol. The third-order valence-corrected chi connectivity index (χ3v) is 9.32. The molecule has 0 fully saturated rings. The van der Waals surface area contributed by atoms with E-state index < -0.39 is 8.32 Å². The Morgan fingerprint density at radius 2 is 1.73 bits per heavy atom. The van der Waals surface area contributed by atoms with E-state index >= 15 is 0 Å². The number of rotatable bonds is 4. The maximum atomic E-state index is 6.76. The zero-order valence-corrected chi connectivity index (χ0v) is 15.0. The van der Waals surface area contributed by atoms with Crippen LogP contribution in [0.1, 0.15) is 31.1 Å². The van der Waals surface area contributed by atoms with Gasteiger partial charge in [0, 0.05) is 19.8 Å². The van der Waals surface area contributed by atoms with Crippen molar-refractivity contribution in [3.8, 4) is 0 Å². The molecule has 0 amide bonds. The summed E-state index contributed by atoms with van der Waals surface area (Å²) < 4.78 is 6.76. The fourth-order valence-electron chi connectivity index (χ4n) is 3.50. The molecule has 2 nitrogen and oxygen atoms in total. The van der Waals surface area contributed by atoms with E-state index in [0.29, 0.717) is 0 Å². The third kappa shape index (κ3) is 2.38. The molecule has 2 aromatic rings. The van der Waals surface area contributed by atoms with Crippen LogP contribution in [-0.2, 0) is 4.43 Å². The van der Waals surface area contributed by atoms with Crippen LogP contribution in [0.5, 0.6) is 0 Å². The molecule has 0 spiro atoms. The molecular formula is C19H25NOSi. The quantitative estimate of drug-likeness (QED) is 0.789. The Labute approximate surface area is 134 Å². The van der Waals surface area contributed by atoms with Crippen LogP contribution in [0.2, 0.25) is 12.1 Å². The van der Waals surface area contributed by atoms with E-state index in [4.69, 9.17) is 4.43 Å². The first-order valence-corrected chi connectivity index (χ1v) is 10.5. The summed E-state index contributed by atoms with van der Waals surface area (Å²) in [7, 11) is 2.36. The summed E-state index contributed by atoms with van der Waals surface area (Å²) >= 11 is 0. The minimum atomic E-state index is -1.80. The van der Waals surface area contributed by atoms with E-state index in [1.54, 1.807) is 0 Å². The van der Waals surface area contributed by atoms with E-state index in [2.05, 4.69) is 81.4 Å². The van der Waals surface area contributed by atoms with Gasteiger partial charge in [-0.05, 0) is 40.5 Å². The van der Waals surface area contributed by atoms with Crippen molar-refractivity contribution in [3.63, 3.8) is 0 Å². The van der Waals surface area contributed by atoms with Gasteiger partial charge >= 0.3 is 0 Å². The molecule has 1 atom stereocenters. The van der Waals surface area contributed by atoms with E-state index in [1.807, 2.05) is 0 Å². The van der Waals surface area contributed by atoms with Crippen LogP contribution in [0.3, 0.4) is 0 Å². The topological polar surface area (TPSA) is 12.5 Å². The van der Waals surface area contributed by atoms with Gasteiger partial charge in [-0.1, -0.05) is 50.2 Å². The van der Waals surface area contributed by atoms with Crippen LogP contribution in [-0.4, -0.2) is 22.4 Å². The molecule has 3 rings (SSSR count). The SMILES string of the molecule is CC[Si]1(CC)OC(c2cccc(N(C)C)c2)c2ccccc21. The van der Waals surface area contributed by atoms with Gasteiger partial charge in [-0.25, -0.2) is 0 Å². The molecule has 1 heterocycles. The van der Waals surface area contributed by atoms with Crippen molar-refractivity contribution in [1.82, 2.24) is 0 Å². The lowest BCUT2D eigenvalue weighted by atomic mass is 10.0. The predicted octanol–water partition coefficient (Wildman–Crippen LogP) is 4.06. The third-order valence-electron chi connectivity index (χ3n) is 4.91. The second kappa shape index (κ2) is 5.90. The zero-order valence-electron chi connectivity index (χ0n) is 14.0. The van der Waals surface area contributed by atoms with Crippen molar-refractivity contribution in [2.45, 2.75) is 32.0 Å². The first kappa shape index (κ1) is 15.3. The molecule has 0 saturated heterocycles. The Balaban J connectivity index is 2.08. The Bertz CT molecular complexity index is 664. The Morgan fingerprint density at radius 1 is 1.00 bits per heavy atom. The molecule has 0 aliphatic carbocycles. The number of nitrogens with zero attached hydrogens (tertiary/aromatic N) is 1. The maximum absolute atomic E-state index is 6.76. The lowest BCUT2D eigenvalue weighted by Gasteiger charge is -2.25. The van der Waals surface area contributed by atoms with Crippen LogP contribution >= 0.6 is 0 Å². The molecule has 0 aromatic heterocycles. The molecule has 1 unspecified atom stereocenters. The fourth-order valence-corrected chi connectivity index (χ4v) is 7.08. The second-order valence-corrected chi connectivity index (χ2v) is 10.5. The van der Waals surface area contributed by atoms with Gasteiger partial charge in [-0.3, -0.25) is 0 Å². The van der Waals surface area contributed by atoms with E-state index in [9.17, 15) is 0 Å². The summed E-state index contributed by atoms with van der Waals surface area (Å²) in [5.41, 5.74) is 3.88. The lowest BCUT2D eigenvalue weighted by molar-refractivity contribution is 0.253. The molecule has 1 aliphatic heterocycles. The Morgan fingerprint density at radius 3 is 2.41 bits per heavy atom. The zero-order chi connectivity index (χ0) is 15.7. The average Bonchev–Trinajstić information content (AvgIpc) is 2.90. The van der Waals surface area contributed by atoms with Gasteiger partial charge in [-0.15, -0.1) is 0 Å². The maximum Gasteiger partial charge on any atom is 0.225 e. The van der Waals surface area contributed by atoms with Gasteiger partial charge in [0.05, 0.1) is 6.10 Å². The van der Waals surface area contributed by atoms with Gasteiger partial charge in [0.25, 0.3) is 0 Å². The Kier molecular flexibility index (Phi) is 4.11. The minimum Gasteiger partial charge on any atom is -0.401 e. The van der Waals surface area contributed by atoms with Crippen LogP contribution in [0, 0.1) is 0 Å². The fraction of sp³-hybridized carbons (Fsp3) is 0.368. The van der Waals surface area contributed by atoms with Crippen LogP contribution in [0.4, 0.5) is 5.69 Å². The molecule has 0 radical (unpaired) electrons. The first-order valence-electron chi connectivity index (χ1n) is 8.16. The summed E-state index contributed by atoms with van der Waals surface area (Å²) in [4.78, 5) is 2.15. The van der Waals surface area contributed by atoms with Gasteiger partial charge in [0.15, 0.2) is 0 Å². The molecular weight excluding hydrogens is 286 g/mol. The van der Waals surface area contributed by atoms with Gasteiger partial charge in [-0.2, -0.15) is 0 Å². The molecule has 3 heteroatoms.